The van der Waals surface area contributed by atoms with Gasteiger partial charge in [0.05, 0.1) is 6.61 Å². The standard InChI is InChI=1S/C15H31N3O/c1-3-8-17-9-11-18(12-10-17)13-15(14-19-2)4-6-16-7-5-15/h16H,3-14H2,1-2H3. The Morgan fingerprint density at radius 1 is 1.05 bits per heavy atom. The molecule has 0 aromatic carbocycles. The number of rotatable bonds is 6. The lowest BCUT2D eigenvalue weighted by Crippen LogP contribution is -2.53. The van der Waals surface area contributed by atoms with Crippen molar-refractivity contribution in [3.05, 3.63) is 0 Å². The molecular formula is C15H31N3O. The summed E-state index contributed by atoms with van der Waals surface area (Å²) in [5.41, 5.74) is 0.396. The molecule has 0 aromatic heterocycles. The van der Waals surface area contributed by atoms with E-state index in [9.17, 15) is 0 Å². The Labute approximate surface area is 118 Å². The van der Waals surface area contributed by atoms with Crippen LogP contribution >= 0.6 is 0 Å². The van der Waals surface area contributed by atoms with Crippen LogP contribution in [0.25, 0.3) is 0 Å². The molecule has 0 radical (unpaired) electrons. The third-order valence-corrected chi connectivity index (χ3v) is 4.68. The third kappa shape index (κ3) is 4.42. The molecule has 0 aliphatic carbocycles. The van der Waals surface area contributed by atoms with Gasteiger partial charge < -0.3 is 19.9 Å². The van der Waals surface area contributed by atoms with Crippen LogP contribution in [-0.2, 0) is 4.74 Å². The van der Waals surface area contributed by atoms with Crippen LogP contribution in [-0.4, -0.2) is 75.9 Å². The van der Waals surface area contributed by atoms with Crippen LogP contribution in [0, 0.1) is 5.41 Å². The topological polar surface area (TPSA) is 27.7 Å². The monoisotopic (exact) mass is 269 g/mol. The second kappa shape index (κ2) is 7.58. The first kappa shape index (κ1) is 15.2. The van der Waals surface area contributed by atoms with Crippen LogP contribution in [0.1, 0.15) is 26.2 Å². The Kier molecular flexibility index (Phi) is 6.07. The Morgan fingerprint density at radius 2 is 1.68 bits per heavy atom. The zero-order valence-corrected chi connectivity index (χ0v) is 12.8. The average molecular weight is 269 g/mol. The van der Waals surface area contributed by atoms with E-state index in [1.54, 1.807) is 0 Å². The van der Waals surface area contributed by atoms with E-state index in [2.05, 4.69) is 22.0 Å². The van der Waals surface area contributed by atoms with E-state index < -0.39 is 0 Å². The van der Waals surface area contributed by atoms with Crippen LogP contribution in [0.15, 0.2) is 0 Å². The molecule has 2 aliphatic heterocycles. The molecule has 4 heteroatoms. The van der Waals surface area contributed by atoms with Gasteiger partial charge in [-0.2, -0.15) is 0 Å². The summed E-state index contributed by atoms with van der Waals surface area (Å²) >= 11 is 0. The summed E-state index contributed by atoms with van der Waals surface area (Å²) in [6, 6.07) is 0. The lowest BCUT2D eigenvalue weighted by molar-refractivity contribution is 0.00859. The van der Waals surface area contributed by atoms with Gasteiger partial charge in [-0.1, -0.05) is 6.92 Å². The Morgan fingerprint density at radius 3 is 2.26 bits per heavy atom. The van der Waals surface area contributed by atoms with Crippen LogP contribution < -0.4 is 5.32 Å². The van der Waals surface area contributed by atoms with Crippen LogP contribution in [0.4, 0.5) is 0 Å². The highest BCUT2D eigenvalue weighted by atomic mass is 16.5. The Bertz CT molecular complexity index is 240. The van der Waals surface area contributed by atoms with Crippen molar-refractivity contribution in [1.29, 1.82) is 0 Å². The van der Waals surface area contributed by atoms with Gasteiger partial charge in [-0.25, -0.2) is 0 Å². The Hall–Kier alpha value is -0.160. The van der Waals surface area contributed by atoms with Gasteiger partial charge in [0.25, 0.3) is 0 Å². The highest BCUT2D eigenvalue weighted by Crippen LogP contribution is 2.30. The van der Waals surface area contributed by atoms with Crippen molar-refractivity contribution in [2.24, 2.45) is 5.41 Å². The number of hydrogen-bond donors (Lipinski definition) is 1. The first-order chi connectivity index (χ1) is 9.28. The van der Waals surface area contributed by atoms with Crippen molar-refractivity contribution in [2.45, 2.75) is 26.2 Å². The maximum absolute atomic E-state index is 5.52. The Balaban J connectivity index is 1.81. The molecule has 112 valence electrons. The number of piperidine rings is 1. The van der Waals surface area contributed by atoms with E-state index in [0.29, 0.717) is 5.41 Å². The van der Waals surface area contributed by atoms with Gasteiger partial charge in [0.15, 0.2) is 0 Å². The largest absolute Gasteiger partial charge is 0.384 e. The summed E-state index contributed by atoms with van der Waals surface area (Å²) in [6.07, 6.45) is 3.80. The molecule has 0 aromatic rings. The van der Waals surface area contributed by atoms with Crippen molar-refractivity contribution in [1.82, 2.24) is 15.1 Å². The highest BCUT2D eigenvalue weighted by Gasteiger charge is 2.34. The van der Waals surface area contributed by atoms with Crippen molar-refractivity contribution in [3.63, 3.8) is 0 Å². The maximum atomic E-state index is 5.52. The van der Waals surface area contributed by atoms with E-state index >= 15 is 0 Å². The zero-order chi connectivity index (χ0) is 13.6. The SMILES string of the molecule is CCCN1CCN(CC2(COC)CCNCC2)CC1. The molecular weight excluding hydrogens is 238 g/mol. The van der Waals surface area contributed by atoms with E-state index in [1.165, 1.54) is 58.5 Å². The van der Waals surface area contributed by atoms with Gasteiger partial charge in [0.2, 0.25) is 0 Å². The van der Waals surface area contributed by atoms with E-state index in [1.807, 2.05) is 7.11 Å². The second-order valence-corrected chi connectivity index (χ2v) is 6.30. The molecule has 1 N–H and O–H groups in total. The number of ether oxygens (including phenoxy) is 1. The second-order valence-electron chi connectivity index (χ2n) is 6.30. The van der Waals surface area contributed by atoms with Crippen LogP contribution in [0.3, 0.4) is 0 Å². The van der Waals surface area contributed by atoms with E-state index in [0.717, 1.165) is 19.7 Å². The normalized spacial score (nSPS) is 25.6. The maximum Gasteiger partial charge on any atom is 0.0531 e. The minimum atomic E-state index is 0.396. The quantitative estimate of drug-likeness (QED) is 0.779. The highest BCUT2D eigenvalue weighted by molar-refractivity contribution is 4.88. The van der Waals surface area contributed by atoms with E-state index in [4.69, 9.17) is 4.74 Å². The van der Waals surface area contributed by atoms with Gasteiger partial charge in [0.1, 0.15) is 0 Å². The first-order valence-corrected chi connectivity index (χ1v) is 7.92. The summed E-state index contributed by atoms with van der Waals surface area (Å²) in [5.74, 6) is 0. The fourth-order valence-electron chi connectivity index (χ4n) is 3.57. The number of nitrogens with one attached hydrogen (secondary N) is 1. The van der Waals surface area contributed by atoms with Gasteiger partial charge >= 0.3 is 0 Å². The van der Waals surface area contributed by atoms with Crippen LogP contribution in [0.5, 0.6) is 0 Å². The third-order valence-electron chi connectivity index (χ3n) is 4.68. The molecule has 2 rings (SSSR count). The summed E-state index contributed by atoms with van der Waals surface area (Å²) < 4.78 is 5.52. The molecule has 2 saturated heterocycles. The molecule has 0 saturated carbocycles. The number of piperazine rings is 1. The minimum absolute atomic E-state index is 0.396. The molecule has 2 fully saturated rings. The minimum Gasteiger partial charge on any atom is -0.384 e. The van der Waals surface area contributed by atoms with E-state index in [-0.39, 0.29) is 0 Å². The molecule has 0 unspecified atom stereocenters. The van der Waals surface area contributed by atoms with Gasteiger partial charge in [-0.3, -0.25) is 0 Å². The van der Waals surface area contributed by atoms with Gasteiger partial charge in [0, 0.05) is 45.2 Å². The summed E-state index contributed by atoms with van der Waals surface area (Å²) in [7, 11) is 1.85. The van der Waals surface area contributed by atoms with Crippen molar-refractivity contribution in [3.8, 4) is 0 Å². The summed E-state index contributed by atoms with van der Waals surface area (Å²) in [4.78, 5) is 5.26. The van der Waals surface area contributed by atoms with Crippen molar-refractivity contribution in [2.75, 3.05) is 66.1 Å². The molecule has 0 atom stereocenters. The van der Waals surface area contributed by atoms with Gasteiger partial charge in [-0.05, 0) is 38.9 Å². The predicted molar refractivity (Wildman–Crippen MR) is 79.6 cm³/mol. The van der Waals surface area contributed by atoms with Gasteiger partial charge in [-0.15, -0.1) is 0 Å². The number of hydrogen-bond acceptors (Lipinski definition) is 4. The fraction of sp³-hybridized carbons (Fsp3) is 1.00. The van der Waals surface area contributed by atoms with Crippen molar-refractivity contribution < 1.29 is 4.74 Å². The molecule has 2 heterocycles. The smallest absolute Gasteiger partial charge is 0.0531 e. The predicted octanol–water partition coefficient (Wildman–Crippen LogP) is 1.03. The number of methoxy groups -OCH3 is 1. The zero-order valence-electron chi connectivity index (χ0n) is 12.8. The van der Waals surface area contributed by atoms with Crippen molar-refractivity contribution >= 4 is 0 Å². The lowest BCUT2D eigenvalue weighted by atomic mass is 9.79. The first-order valence-electron chi connectivity index (χ1n) is 7.92. The number of nitrogens with zero attached hydrogens (tertiary/aromatic N) is 2. The molecule has 0 bridgehead atoms. The fourth-order valence-corrected chi connectivity index (χ4v) is 3.57. The summed E-state index contributed by atoms with van der Waals surface area (Å²) in [6.45, 7) is 12.9. The molecule has 0 spiro atoms. The summed E-state index contributed by atoms with van der Waals surface area (Å²) in [5, 5.41) is 3.48. The molecule has 0 amide bonds. The molecule has 4 nitrogen and oxygen atoms in total. The molecule has 2 aliphatic rings. The van der Waals surface area contributed by atoms with Crippen LogP contribution in [0.2, 0.25) is 0 Å². The lowest BCUT2D eigenvalue weighted by Gasteiger charge is -2.43. The molecule has 19 heavy (non-hydrogen) atoms. The average Bonchev–Trinajstić information content (AvgIpc) is 2.43.